The predicted octanol–water partition coefficient (Wildman–Crippen LogP) is 4.20. The van der Waals surface area contributed by atoms with E-state index < -0.39 is 11.8 Å². The molecule has 2 aromatic heterocycles. The van der Waals surface area contributed by atoms with Crippen LogP contribution in [0.3, 0.4) is 0 Å². The number of carbonyl (C=O) groups is 2. The standard InChI is InChI=1S/C20H16Cl2N2O4/c21-17-6-5-13(10-18(17)22)9-16(19(25)23-11-14-3-1-7-27-14)20(26)24-12-15-4-2-8-28-15/h1-10H,11-12H2,(H,23,25)(H,24,26). The molecule has 0 fully saturated rings. The molecular formula is C20H16Cl2N2O4. The van der Waals surface area contributed by atoms with Crippen molar-refractivity contribution in [3.63, 3.8) is 0 Å². The maximum Gasteiger partial charge on any atom is 0.257 e. The first-order valence-electron chi connectivity index (χ1n) is 8.31. The second kappa shape index (κ2) is 9.30. The molecule has 0 unspecified atom stereocenters. The summed E-state index contributed by atoms with van der Waals surface area (Å²) >= 11 is 12.0. The second-order valence-corrected chi connectivity index (χ2v) is 6.57. The van der Waals surface area contributed by atoms with Gasteiger partial charge in [0.15, 0.2) is 0 Å². The smallest absolute Gasteiger partial charge is 0.257 e. The molecule has 144 valence electrons. The zero-order valence-corrected chi connectivity index (χ0v) is 16.1. The molecule has 2 heterocycles. The van der Waals surface area contributed by atoms with Crippen LogP contribution in [-0.2, 0) is 22.7 Å². The largest absolute Gasteiger partial charge is 0.467 e. The van der Waals surface area contributed by atoms with E-state index in [1.807, 2.05) is 0 Å². The van der Waals surface area contributed by atoms with Crippen LogP contribution < -0.4 is 10.6 Å². The van der Waals surface area contributed by atoms with Gasteiger partial charge in [0.05, 0.1) is 35.7 Å². The minimum Gasteiger partial charge on any atom is -0.467 e. The van der Waals surface area contributed by atoms with Gasteiger partial charge in [0.25, 0.3) is 11.8 Å². The van der Waals surface area contributed by atoms with Crippen LogP contribution in [0.4, 0.5) is 0 Å². The van der Waals surface area contributed by atoms with Crippen LogP contribution in [0.15, 0.2) is 69.4 Å². The van der Waals surface area contributed by atoms with E-state index in [1.54, 1.807) is 42.5 Å². The molecule has 1 aromatic carbocycles. The van der Waals surface area contributed by atoms with E-state index >= 15 is 0 Å². The lowest BCUT2D eigenvalue weighted by atomic mass is 10.1. The third kappa shape index (κ3) is 5.28. The Balaban J connectivity index is 1.79. The average Bonchev–Trinajstić information content (AvgIpc) is 3.39. The van der Waals surface area contributed by atoms with Gasteiger partial charge in [0.1, 0.15) is 17.1 Å². The molecule has 2 N–H and O–H groups in total. The highest BCUT2D eigenvalue weighted by Crippen LogP contribution is 2.24. The molecule has 6 nitrogen and oxygen atoms in total. The predicted molar refractivity (Wildman–Crippen MR) is 106 cm³/mol. The molecule has 0 aliphatic heterocycles. The minimum atomic E-state index is -0.556. The van der Waals surface area contributed by atoms with Crippen molar-refractivity contribution in [2.45, 2.75) is 13.1 Å². The Hall–Kier alpha value is -2.96. The van der Waals surface area contributed by atoms with Crippen molar-refractivity contribution < 1.29 is 18.4 Å². The summed E-state index contributed by atoms with van der Waals surface area (Å²) in [5.74, 6) is 0.0234. The number of benzene rings is 1. The number of furan rings is 2. The van der Waals surface area contributed by atoms with Crippen LogP contribution in [0, 0.1) is 0 Å². The fourth-order valence-electron chi connectivity index (χ4n) is 2.35. The number of amides is 2. The average molecular weight is 419 g/mol. The molecular weight excluding hydrogens is 403 g/mol. The van der Waals surface area contributed by atoms with Crippen LogP contribution in [0.25, 0.3) is 6.08 Å². The van der Waals surface area contributed by atoms with Gasteiger partial charge in [-0.05, 0) is 48.0 Å². The molecule has 0 saturated heterocycles. The highest BCUT2D eigenvalue weighted by atomic mass is 35.5. The number of rotatable bonds is 7. The van der Waals surface area contributed by atoms with Gasteiger partial charge in [-0.15, -0.1) is 0 Å². The summed E-state index contributed by atoms with van der Waals surface area (Å²) in [4.78, 5) is 25.3. The summed E-state index contributed by atoms with van der Waals surface area (Å²) < 4.78 is 10.4. The third-order valence-corrected chi connectivity index (χ3v) is 4.49. The molecule has 0 radical (unpaired) electrons. The topological polar surface area (TPSA) is 84.5 Å². The number of hydrogen-bond donors (Lipinski definition) is 2. The van der Waals surface area contributed by atoms with Crippen molar-refractivity contribution in [2.24, 2.45) is 0 Å². The van der Waals surface area contributed by atoms with Gasteiger partial charge in [-0.1, -0.05) is 29.3 Å². The van der Waals surface area contributed by atoms with Gasteiger partial charge in [-0.25, -0.2) is 0 Å². The quantitative estimate of drug-likeness (QED) is 0.342. The van der Waals surface area contributed by atoms with Gasteiger partial charge < -0.3 is 19.5 Å². The highest BCUT2D eigenvalue weighted by Gasteiger charge is 2.19. The SMILES string of the molecule is O=C(NCc1ccco1)C(=Cc1ccc(Cl)c(Cl)c1)C(=O)NCc1ccco1. The normalized spacial score (nSPS) is 10.4. The highest BCUT2D eigenvalue weighted by molar-refractivity contribution is 6.42. The molecule has 0 aliphatic carbocycles. The number of halogens is 2. The monoisotopic (exact) mass is 418 g/mol. The Labute approximate surface area is 171 Å². The summed E-state index contributed by atoms with van der Waals surface area (Å²) in [6.07, 6.45) is 4.45. The first kappa shape index (κ1) is 19.8. The first-order valence-corrected chi connectivity index (χ1v) is 9.06. The molecule has 3 rings (SSSR count). The fourth-order valence-corrected chi connectivity index (χ4v) is 2.66. The zero-order valence-electron chi connectivity index (χ0n) is 14.6. The van der Waals surface area contributed by atoms with E-state index in [0.29, 0.717) is 27.1 Å². The van der Waals surface area contributed by atoms with Crippen molar-refractivity contribution in [3.05, 3.63) is 87.7 Å². The van der Waals surface area contributed by atoms with E-state index in [0.717, 1.165) is 0 Å². The van der Waals surface area contributed by atoms with Gasteiger partial charge in [0, 0.05) is 0 Å². The Kier molecular flexibility index (Phi) is 6.57. The number of hydrogen-bond acceptors (Lipinski definition) is 4. The van der Waals surface area contributed by atoms with Crippen molar-refractivity contribution in [1.82, 2.24) is 10.6 Å². The van der Waals surface area contributed by atoms with Crippen molar-refractivity contribution in [1.29, 1.82) is 0 Å². The lowest BCUT2D eigenvalue weighted by Gasteiger charge is -2.09. The summed E-state index contributed by atoms with van der Waals surface area (Å²) in [5, 5.41) is 6.02. The molecule has 0 atom stereocenters. The summed E-state index contributed by atoms with van der Waals surface area (Å²) in [7, 11) is 0. The molecule has 0 aliphatic rings. The number of nitrogens with one attached hydrogen (secondary N) is 2. The molecule has 0 saturated carbocycles. The van der Waals surface area contributed by atoms with E-state index in [-0.39, 0.29) is 18.7 Å². The van der Waals surface area contributed by atoms with Crippen molar-refractivity contribution >= 4 is 41.1 Å². The van der Waals surface area contributed by atoms with E-state index in [2.05, 4.69) is 10.6 Å². The Bertz CT molecular complexity index is 928. The van der Waals surface area contributed by atoms with E-state index in [9.17, 15) is 9.59 Å². The van der Waals surface area contributed by atoms with Gasteiger partial charge in [-0.2, -0.15) is 0 Å². The van der Waals surface area contributed by atoms with Crippen LogP contribution >= 0.6 is 23.2 Å². The molecule has 0 spiro atoms. The summed E-state index contributed by atoms with van der Waals surface area (Å²) in [6.45, 7) is 0.298. The van der Waals surface area contributed by atoms with Crippen LogP contribution in [-0.4, -0.2) is 11.8 Å². The van der Waals surface area contributed by atoms with E-state index in [1.165, 1.54) is 18.6 Å². The second-order valence-electron chi connectivity index (χ2n) is 5.76. The Morgan fingerprint density at radius 2 is 1.43 bits per heavy atom. The van der Waals surface area contributed by atoms with Crippen LogP contribution in [0.5, 0.6) is 0 Å². The molecule has 0 bridgehead atoms. The molecule has 3 aromatic rings. The molecule has 8 heteroatoms. The Morgan fingerprint density at radius 1 is 0.857 bits per heavy atom. The summed E-state index contributed by atoms with van der Waals surface area (Å²) in [5.41, 5.74) is 0.474. The van der Waals surface area contributed by atoms with Crippen LogP contribution in [0.2, 0.25) is 10.0 Å². The first-order chi connectivity index (χ1) is 13.5. The van der Waals surface area contributed by atoms with Crippen molar-refractivity contribution in [2.75, 3.05) is 0 Å². The molecule has 28 heavy (non-hydrogen) atoms. The van der Waals surface area contributed by atoms with Crippen molar-refractivity contribution in [3.8, 4) is 0 Å². The lowest BCUT2D eigenvalue weighted by Crippen LogP contribution is -2.34. The van der Waals surface area contributed by atoms with Gasteiger partial charge in [0.2, 0.25) is 0 Å². The fraction of sp³-hybridized carbons (Fsp3) is 0.100. The zero-order chi connectivity index (χ0) is 19.9. The van der Waals surface area contributed by atoms with Gasteiger partial charge in [-0.3, -0.25) is 9.59 Å². The molecule has 2 amide bonds. The summed E-state index contributed by atoms with van der Waals surface area (Å²) in [6, 6.07) is 11.7. The minimum absolute atomic E-state index is 0.0866. The van der Waals surface area contributed by atoms with Gasteiger partial charge >= 0.3 is 0 Å². The Morgan fingerprint density at radius 3 is 1.89 bits per heavy atom. The van der Waals surface area contributed by atoms with E-state index in [4.69, 9.17) is 32.0 Å². The van der Waals surface area contributed by atoms with Crippen LogP contribution in [0.1, 0.15) is 17.1 Å². The third-order valence-electron chi connectivity index (χ3n) is 3.75. The number of carbonyl (C=O) groups excluding carboxylic acids is 2. The lowest BCUT2D eigenvalue weighted by molar-refractivity contribution is -0.123. The maximum absolute atomic E-state index is 12.6. The maximum atomic E-state index is 12.6.